The van der Waals surface area contributed by atoms with Gasteiger partial charge in [0.2, 0.25) is 5.91 Å². The number of hydrogen-bond donors (Lipinski definition) is 1. The van der Waals surface area contributed by atoms with Crippen molar-refractivity contribution in [2.24, 2.45) is 5.41 Å². The molecular weight excluding hydrogens is 532 g/mol. The molecular formula is C29H32F4N2O5. The number of carbonyl (C=O) groups is 2. The van der Waals surface area contributed by atoms with Crippen LogP contribution in [0, 0.1) is 5.41 Å². The molecule has 2 aromatic rings. The number of rotatable bonds is 7. The number of benzene rings is 2. The zero-order valence-corrected chi connectivity index (χ0v) is 22.1. The van der Waals surface area contributed by atoms with E-state index in [-0.39, 0.29) is 56.7 Å². The second kappa shape index (κ2) is 10.7. The van der Waals surface area contributed by atoms with Crippen molar-refractivity contribution in [2.45, 2.75) is 42.6 Å². The maximum Gasteiger partial charge on any atom is 0.430 e. The highest BCUT2D eigenvalue weighted by atomic mass is 19.4. The van der Waals surface area contributed by atoms with Crippen LogP contribution in [0.2, 0.25) is 0 Å². The summed E-state index contributed by atoms with van der Waals surface area (Å²) < 4.78 is 74.0. The standard InChI is InChI=1S/C29H32F4N2O5/c1-38-28(29(31,32)33,20-7-3-2-4-8-20)25(37)35-13-11-26(12-14-35)15-24(36)34-16-22(26)21-9-5-6-10-23(21)40-19-27(30)17-39-18-27/h2-10,22H,11-19H2,1H3,(H,34,36)/t22?,28-/m1/s1. The summed E-state index contributed by atoms with van der Waals surface area (Å²) in [6, 6.07) is 14.1. The molecule has 3 aliphatic rings. The van der Waals surface area contributed by atoms with Gasteiger partial charge in [-0.2, -0.15) is 13.2 Å². The van der Waals surface area contributed by atoms with Gasteiger partial charge in [-0.25, -0.2) is 4.39 Å². The minimum atomic E-state index is -5.00. The fraction of sp³-hybridized carbons (Fsp3) is 0.517. The number of halogens is 4. The van der Waals surface area contributed by atoms with Crippen LogP contribution < -0.4 is 10.1 Å². The van der Waals surface area contributed by atoms with Crippen molar-refractivity contribution in [1.29, 1.82) is 0 Å². The zero-order chi connectivity index (χ0) is 28.6. The molecule has 5 rings (SSSR count). The fourth-order valence-electron chi connectivity index (χ4n) is 6.20. The lowest BCUT2D eigenvalue weighted by Crippen LogP contribution is -2.60. The van der Waals surface area contributed by atoms with Crippen LogP contribution >= 0.6 is 0 Å². The molecule has 2 atom stereocenters. The van der Waals surface area contributed by atoms with Crippen LogP contribution in [0.1, 0.15) is 36.3 Å². The predicted octanol–water partition coefficient (Wildman–Crippen LogP) is 4.12. The summed E-state index contributed by atoms with van der Waals surface area (Å²) in [5.41, 5.74) is -4.82. The Balaban J connectivity index is 1.40. The highest BCUT2D eigenvalue weighted by molar-refractivity contribution is 5.88. The topological polar surface area (TPSA) is 77.1 Å². The van der Waals surface area contributed by atoms with E-state index in [0.717, 1.165) is 12.7 Å². The number of likely N-dealkylation sites (tertiary alicyclic amines) is 1. The van der Waals surface area contributed by atoms with Gasteiger partial charge in [0.05, 0.1) is 13.2 Å². The molecule has 1 spiro atoms. The van der Waals surface area contributed by atoms with Crippen LogP contribution in [0.4, 0.5) is 17.6 Å². The van der Waals surface area contributed by atoms with Crippen LogP contribution in [0.3, 0.4) is 0 Å². The Labute approximate surface area is 229 Å². The number of nitrogens with zero attached hydrogens (tertiary/aromatic N) is 1. The van der Waals surface area contributed by atoms with E-state index in [1.165, 1.54) is 29.2 Å². The molecule has 0 radical (unpaired) electrons. The van der Waals surface area contributed by atoms with E-state index in [1.54, 1.807) is 18.2 Å². The number of piperidine rings is 2. The maximum atomic E-state index is 14.6. The molecule has 3 aliphatic heterocycles. The van der Waals surface area contributed by atoms with Crippen molar-refractivity contribution < 1.29 is 41.4 Å². The van der Waals surface area contributed by atoms with Crippen LogP contribution in [0.5, 0.6) is 5.75 Å². The minimum Gasteiger partial charge on any atom is -0.490 e. The summed E-state index contributed by atoms with van der Waals surface area (Å²) in [7, 11) is 0.888. The number of carbonyl (C=O) groups excluding carboxylic acids is 2. The number of para-hydroxylation sites is 1. The molecule has 0 aromatic heterocycles. The molecule has 2 amide bonds. The summed E-state index contributed by atoms with van der Waals surface area (Å²) >= 11 is 0. The molecule has 7 nitrogen and oxygen atoms in total. The van der Waals surface area contributed by atoms with Gasteiger partial charge in [0.15, 0.2) is 5.67 Å². The number of amides is 2. The highest BCUT2D eigenvalue weighted by Crippen LogP contribution is 2.52. The van der Waals surface area contributed by atoms with Gasteiger partial charge in [0.25, 0.3) is 11.5 Å². The molecule has 3 saturated heterocycles. The van der Waals surface area contributed by atoms with Crippen molar-refractivity contribution in [1.82, 2.24) is 10.2 Å². The largest absolute Gasteiger partial charge is 0.490 e. The van der Waals surface area contributed by atoms with E-state index in [4.69, 9.17) is 14.2 Å². The Hall–Kier alpha value is -3.18. The molecule has 11 heteroatoms. The normalized spacial score (nSPS) is 23.6. The van der Waals surface area contributed by atoms with E-state index >= 15 is 0 Å². The Morgan fingerprint density at radius 1 is 1.07 bits per heavy atom. The average molecular weight is 565 g/mol. The van der Waals surface area contributed by atoms with Crippen molar-refractivity contribution in [3.8, 4) is 5.75 Å². The first-order valence-electron chi connectivity index (χ1n) is 13.3. The van der Waals surface area contributed by atoms with Gasteiger partial charge in [-0.15, -0.1) is 0 Å². The quantitative estimate of drug-likeness (QED) is 0.513. The average Bonchev–Trinajstić information content (AvgIpc) is 2.92. The second-order valence-corrected chi connectivity index (χ2v) is 10.9. The summed E-state index contributed by atoms with van der Waals surface area (Å²) in [5.74, 6) is -1.09. The molecule has 40 heavy (non-hydrogen) atoms. The van der Waals surface area contributed by atoms with Crippen molar-refractivity contribution in [3.05, 3.63) is 65.7 Å². The predicted molar refractivity (Wildman–Crippen MR) is 136 cm³/mol. The Morgan fingerprint density at radius 2 is 1.73 bits per heavy atom. The number of alkyl halides is 4. The lowest BCUT2D eigenvalue weighted by atomic mass is 9.62. The van der Waals surface area contributed by atoms with Gasteiger partial charge in [-0.1, -0.05) is 48.5 Å². The van der Waals surface area contributed by atoms with E-state index in [9.17, 15) is 27.2 Å². The molecule has 2 aromatic carbocycles. The van der Waals surface area contributed by atoms with Crippen molar-refractivity contribution in [3.63, 3.8) is 0 Å². The molecule has 216 valence electrons. The van der Waals surface area contributed by atoms with Crippen LogP contribution in [-0.4, -0.2) is 75.1 Å². The highest BCUT2D eigenvalue weighted by Gasteiger charge is 2.64. The van der Waals surface area contributed by atoms with Crippen LogP contribution in [0.25, 0.3) is 0 Å². The van der Waals surface area contributed by atoms with Gasteiger partial charge in [-0.3, -0.25) is 9.59 Å². The maximum absolute atomic E-state index is 14.6. The first-order chi connectivity index (χ1) is 19.0. The van der Waals surface area contributed by atoms with Gasteiger partial charge in [0.1, 0.15) is 12.4 Å². The molecule has 3 fully saturated rings. The summed E-state index contributed by atoms with van der Waals surface area (Å²) in [5, 5.41) is 2.89. The number of nitrogens with one attached hydrogen (secondary N) is 1. The first-order valence-corrected chi connectivity index (χ1v) is 13.3. The zero-order valence-electron chi connectivity index (χ0n) is 22.1. The van der Waals surface area contributed by atoms with Crippen LogP contribution in [-0.2, 0) is 24.7 Å². The van der Waals surface area contributed by atoms with Gasteiger partial charge >= 0.3 is 6.18 Å². The van der Waals surface area contributed by atoms with Crippen molar-refractivity contribution in [2.75, 3.05) is 46.6 Å². The number of hydrogen-bond acceptors (Lipinski definition) is 5. The molecule has 1 N–H and O–H groups in total. The third kappa shape index (κ3) is 4.94. The lowest BCUT2D eigenvalue weighted by Gasteiger charge is -2.50. The minimum absolute atomic E-state index is 0.0184. The van der Waals surface area contributed by atoms with Gasteiger partial charge in [-0.05, 0) is 29.9 Å². The monoisotopic (exact) mass is 564 g/mol. The third-order valence-corrected chi connectivity index (χ3v) is 8.49. The first kappa shape index (κ1) is 28.4. The second-order valence-electron chi connectivity index (χ2n) is 10.9. The molecule has 0 aliphatic carbocycles. The van der Waals surface area contributed by atoms with Gasteiger partial charge in [0, 0.05) is 44.6 Å². The molecule has 0 bridgehead atoms. The summed E-state index contributed by atoms with van der Waals surface area (Å²) in [6.45, 7) is 0.0911. The number of methoxy groups -OCH3 is 1. The third-order valence-electron chi connectivity index (χ3n) is 8.49. The summed E-state index contributed by atoms with van der Waals surface area (Å²) in [4.78, 5) is 27.4. The van der Waals surface area contributed by atoms with Crippen molar-refractivity contribution >= 4 is 11.8 Å². The fourth-order valence-corrected chi connectivity index (χ4v) is 6.20. The van der Waals surface area contributed by atoms with E-state index in [0.29, 0.717) is 25.1 Å². The Kier molecular flexibility index (Phi) is 7.56. The number of ether oxygens (including phenoxy) is 3. The Morgan fingerprint density at radius 3 is 2.33 bits per heavy atom. The molecule has 1 unspecified atom stereocenters. The van der Waals surface area contributed by atoms with E-state index < -0.39 is 28.8 Å². The molecule has 0 saturated carbocycles. The van der Waals surface area contributed by atoms with E-state index in [2.05, 4.69) is 5.32 Å². The Bertz CT molecular complexity index is 1230. The smallest absolute Gasteiger partial charge is 0.430 e. The molecule has 3 heterocycles. The van der Waals surface area contributed by atoms with Crippen LogP contribution in [0.15, 0.2) is 54.6 Å². The van der Waals surface area contributed by atoms with Gasteiger partial charge < -0.3 is 24.4 Å². The summed E-state index contributed by atoms with van der Waals surface area (Å²) in [6.07, 6.45) is -4.24. The lowest BCUT2D eigenvalue weighted by molar-refractivity contribution is -0.271. The SMILES string of the molecule is CO[C@@](C(=O)N1CCC2(CC1)CC(=O)NCC2c1ccccc1OCC1(F)COC1)(c1ccccc1)C(F)(F)F. The van der Waals surface area contributed by atoms with E-state index in [1.807, 2.05) is 12.1 Å².